The molecule has 70 valence electrons. The quantitative estimate of drug-likeness (QED) is 0.638. The van der Waals surface area contributed by atoms with Gasteiger partial charge in [-0.15, -0.1) is 0 Å². The molecule has 0 aromatic heterocycles. The SMILES string of the molecule is C=C(C)c1cc(C)c(CC)c(C)c1. The topological polar surface area (TPSA) is 0 Å². The summed E-state index contributed by atoms with van der Waals surface area (Å²) in [5, 5.41) is 0. The lowest BCUT2D eigenvalue weighted by atomic mass is 9.95. The molecule has 0 heterocycles. The number of hydrogen-bond donors (Lipinski definition) is 0. The molecular weight excluding hydrogens is 156 g/mol. The minimum atomic E-state index is 1.12. The zero-order valence-electron chi connectivity index (χ0n) is 9.07. The predicted octanol–water partition coefficient (Wildman–Crippen LogP) is 3.90. The number of hydrogen-bond acceptors (Lipinski definition) is 0. The smallest absolute Gasteiger partial charge is 0.0228 e. The van der Waals surface area contributed by atoms with Gasteiger partial charge in [-0.2, -0.15) is 0 Å². The van der Waals surface area contributed by atoms with E-state index in [-0.39, 0.29) is 0 Å². The summed E-state index contributed by atoms with van der Waals surface area (Å²) in [6, 6.07) is 4.46. The Balaban J connectivity index is 3.28. The van der Waals surface area contributed by atoms with Crippen molar-refractivity contribution in [3.05, 3.63) is 41.0 Å². The van der Waals surface area contributed by atoms with Crippen LogP contribution in [0.3, 0.4) is 0 Å². The Bertz CT molecular complexity index is 309. The van der Waals surface area contributed by atoms with E-state index in [1.807, 2.05) is 0 Å². The lowest BCUT2D eigenvalue weighted by Gasteiger charge is -2.10. The molecule has 0 aliphatic heterocycles. The Labute approximate surface area is 81.3 Å². The Morgan fingerprint density at radius 3 is 2.00 bits per heavy atom. The van der Waals surface area contributed by atoms with Gasteiger partial charge in [0, 0.05) is 0 Å². The van der Waals surface area contributed by atoms with Crippen LogP contribution in [0.15, 0.2) is 18.7 Å². The standard InChI is InChI=1S/C13H18/c1-6-13-10(4)7-12(9(2)3)8-11(13)5/h7-8H,2,6H2,1,3-5H3. The van der Waals surface area contributed by atoms with Crippen LogP contribution in [0.2, 0.25) is 0 Å². The summed E-state index contributed by atoms with van der Waals surface area (Å²) in [7, 11) is 0. The van der Waals surface area contributed by atoms with E-state index in [4.69, 9.17) is 0 Å². The van der Waals surface area contributed by atoms with Gasteiger partial charge in [-0.1, -0.05) is 31.2 Å². The Hall–Kier alpha value is -1.04. The summed E-state index contributed by atoms with van der Waals surface area (Å²) >= 11 is 0. The third-order valence-electron chi connectivity index (χ3n) is 2.54. The maximum atomic E-state index is 3.96. The van der Waals surface area contributed by atoms with E-state index in [0.717, 1.165) is 12.0 Å². The first-order valence-corrected chi connectivity index (χ1v) is 4.82. The van der Waals surface area contributed by atoms with E-state index in [9.17, 15) is 0 Å². The van der Waals surface area contributed by atoms with Crippen LogP contribution in [-0.2, 0) is 6.42 Å². The number of aryl methyl sites for hydroxylation is 2. The molecule has 0 fully saturated rings. The van der Waals surface area contributed by atoms with Crippen molar-refractivity contribution in [2.24, 2.45) is 0 Å². The van der Waals surface area contributed by atoms with Crippen LogP contribution in [0.25, 0.3) is 5.57 Å². The summed E-state index contributed by atoms with van der Waals surface area (Å²) in [6.07, 6.45) is 1.12. The van der Waals surface area contributed by atoms with Crippen molar-refractivity contribution in [2.45, 2.75) is 34.1 Å². The highest BCUT2D eigenvalue weighted by Gasteiger charge is 2.03. The summed E-state index contributed by atoms with van der Waals surface area (Å²) in [4.78, 5) is 0. The van der Waals surface area contributed by atoms with Gasteiger partial charge in [0.1, 0.15) is 0 Å². The van der Waals surface area contributed by atoms with Crippen LogP contribution >= 0.6 is 0 Å². The highest BCUT2D eigenvalue weighted by Crippen LogP contribution is 2.21. The molecule has 0 saturated carbocycles. The Morgan fingerprint density at radius 1 is 1.23 bits per heavy atom. The third-order valence-corrected chi connectivity index (χ3v) is 2.54. The lowest BCUT2D eigenvalue weighted by molar-refractivity contribution is 1.08. The van der Waals surface area contributed by atoms with E-state index >= 15 is 0 Å². The molecular formula is C13H18. The maximum absolute atomic E-state index is 3.96. The van der Waals surface area contributed by atoms with E-state index in [2.05, 4.69) is 46.4 Å². The molecule has 0 nitrogen and oxygen atoms in total. The zero-order valence-corrected chi connectivity index (χ0v) is 9.07. The molecule has 0 aliphatic rings. The largest absolute Gasteiger partial charge is 0.0955 e. The molecule has 0 amide bonds. The van der Waals surface area contributed by atoms with Gasteiger partial charge in [0.2, 0.25) is 0 Å². The molecule has 0 unspecified atom stereocenters. The van der Waals surface area contributed by atoms with E-state index in [0.29, 0.717) is 0 Å². The molecule has 0 aliphatic carbocycles. The van der Waals surface area contributed by atoms with Gasteiger partial charge < -0.3 is 0 Å². The van der Waals surface area contributed by atoms with Gasteiger partial charge in [0.05, 0.1) is 0 Å². The fourth-order valence-electron chi connectivity index (χ4n) is 1.80. The van der Waals surface area contributed by atoms with Gasteiger partial charge in [0.25, 0.3) is 0 Å². The minimum absolute atomic E-state index is 1.12. The number of benzene rings is 1. The van der Waals surface area contributed by atoms with E-state index in [1.165, 1.54) is 22.3 Å². The highest BCUT2D eigenvalue weighted by molar-refractivity contribution is 5.63. The van der Waals surface area contributed by atoms with Crippen molar-refractivity contribution < 1.29 is 0 Å². The molecule has 0 radical (unpaired) electrons. The minimum Gasteiger partial charge on any atom is -0.0955 e. The van der Waals surface area contributed by atoms with Crippen LogP contribution in [0, 0.1) is 13.8 Å². The van der Waals surface area contributed by atoms with Gasteiger partial charge >= 0.3 is 0 Å². The highest BCUT2D eigenvalue weighted by atomic mass is 14.1. The van der Waals surface area contributed by atoms with Crippen molar-refractivity contribution in [3.63, 3.8) is 0 Å². The van der Waals surface area contributed by atoms with Crippen molar-refractivity contribution >= 4 is 5.57 Å². The van der Waals surface area contributed by atoms with Crippen molar-refractivity contribution in [2.75, 3.05) is 0 Å². The molecule has 0 atom stereocenters. The second kappa shape index (κ2) is 3.78. The van der Waals surface area contributed by atoms with Crippen LogP contribution in [0.4, 0.5) is 0 Å². The number of allylic oxidation sites excluding steroid dienone is 1. The number of rotatable bonds is 2. The maximum Gasteiger partial charge on any atom is -0.0228 e. The molecule has 0 bridgehead atoms. The molecule has 13 heavy (non-hydrogen) atoms. The summed E-state index contributed by atoms with van der Waals surface area (Å²) in [5.74, 6) is 0. The molecule has 1 aromatic rings. The zero-order chi connectivity index (χ0) is 10.0. The van der Waals surface area contributed by atoms with Crippen LogP contribution in [-0.4, -0.2) is 0 Å². The van der Waals surface area contributed by atoms with Crippen LogP contribution in [0.5, 0.6) is 0 Å². The second-order valence-electron chi connectivity index (χ2n) is 3.72. The first-order chi connectivity index (χ1) is 6.06. The Kier molecular flexibility index (Phi) is 2.92. The van der Waals surface area contributed by atoms with Crippen LogP contribution < -0.4 is 0 Å². The molecule has 1 rings (SSSR count). The molecule has 1 aromatic carbocycles. The first-order valence-electron chi connectivity index (χ1n) is 4.82. The third kappa shape index (κ3) is 2.00. The molecule has 0 N–H and O–H groups in total. The van der Waals surface area contributed by atoms with Crippen molar-refractivity contribution in [1.82, 2.24) is 0 Å². The summed E-state index contributed by atoms with van der Waals surface area (Å²) < 4.78 is 0. The predicted molar refractivity (Wildman–Crippen MR) is 60.0 cm³/mol. The van der Waals surface area contributed by atoms with Gasteiger partial charge in [-0.25, -0.2) is 0 Å². The first kappa shape index (κ1) is 10.0. The van der Waals surface area contributed by atoms with Gasteiger partial charge in [0.15, 0.2) is 0 Å². The van der Waals surface area contributed by atoms with Crippen molar-refractivity contribution in [3.8, 4) is 0 Å². The van der Waals surface area contributed by atoms with Crippen LogP contribution in [0.1, 0.15) is 36.1 Å². The summed E-state index contributed by atoms with van der Waals surface area (Å²) in [6.45, 7) is 12.6. The lowest BCUT2D eigenvalue weighted by Crippen LogP contribution is -1.93. The molecule has 0 saturated heterocycles. The average Bonchev–Trinajstić information content (AvgIpc) is 2.03. The fourth-order valence-corrected chi connectivity index (χ4v) is 1.80. The van der Waals surface area contributed by atoms with E-state index in [1.54, 1.807) is 0 Å². The van der Waals surface area contributed by atoms with Gasteiger partial charge in [-0.3, -0.25) is 0 Å². The molecule has 0 heteroatoms. The van der Waals surface area contributed by atoms with Crippen molar-refractivity contribution in [1.29, 1.82) is 0 Å². The molecule has 0 spiro atoms. The second-order valence-corrected chi connectivity index (χ2v) is 3.72. The van der Waals surface area contributed by atoms with E-state index < -0.39 is 0 Å². The normalized spacial score (nSPS) is 10.2. The fraction of sp³-hybridized carbons (Fsp3) is 0.385. The monoisotopic (exact) mass is 174 g/mol. The Morgan fingerprint density at radius 2 is 1.69 bits per heavy atom. The average molecular weight is 174 g/mol. The summed E-state index contributed by atoms with van der Waals surface area (Å²) in [5.41, 5.74) is 6.67. The van der Waals surface area contributed by atoms with Gasteiger partial charge in [-0.05, 0) is 49.4 Å².